The highest BCUT2D eigenvalue weighted by molar-refractivity contribution is 7.98. The number of hydrogen-bond donors (Lipinski definition) is 2. The van der Waals surface area contributed by atoms with Gasteiger partial charge in [-0.3, -0.25) is 9.35 Å². The largest absolute Gasteiger partial charge is 0.492 e. The SMILES string of the molecule is CCOC(=O)c1cc2c(NC(C)C)ncnc2cc1OCCC=S(C)(N)=O. The number of nitrogens with zero attached hydrogens (tertiary/aromatic N) is 2. The van der Waals surface area contributed by atoms with Crippen molar-refractivity contribution in [1.29, 1.82) is 0 Å². The van der Waals surface area contributed by atoms with Gasteiger partial charge in [0.2, 0.25) is 0 Å². The molecule has 1 aromatic carbocycles. The number of nitrogens with one attached hydrogen (secondary N) is 1. The van der Waals surface area contributed by atoms with Gasteiger partial charge >= 0.3 is 5.97 Å². The Bertz CT molecular complexity index is 928. The predicted molar refractivity (Wildman–Crippen MR) is 109 cm³/mol. The summed E-state index contributed by atoms with van der Waals surface area (Å²) in [7, 11) is -2.44. The van der Waals surface area contributed by atoms with E-state index in [1.54, 1.807) is 19.1 Å². The average molecular weight is 394 g/mol. The van der Waals surface area contributed by atoms with Gasteiger partial charge in [-0.1, -0.05) is 0 Å². The van der Waals surface area contributed by atoms with Gasteiger partial charge in [0.15, 0.2) is 0 Å². The molecule has 8 nitrogen and oxygen atoms in total. The molecule has 0 spiro atoms. The van der Waals surface area contributed by atoms with E-state index in [1.807, 2.05) is 13.8 Å². The van der Waals surface area contributed by atoms with Gasteiger partial charge in [-0.2, -0.15) is 0 Å². The second-order valence-corrected chi connectivity index (χ2v) is 8.64. The lowest BCUT2D eigenvalue weighted by Gasteiger charge is -2.15. The number of fused-ring (bicyclic) bond motifs is 1. The maximum Gasteiger partial charge on any atom is 0.341 e. The Morgan fingerprint density at radius 2 is 2.11 bits per heavy atom. The lowest BCUT2D eigenvalue weighted by molar-refractivity contribution is 0.0522. The number of hydrogen-bond acceptors (Lipinski definition) is 7. The van der Waals surface area contributed by atoms with E-state index >= 15 is 0 Å². The molecule has 0 aliphatic carbocycles. The monoisotopic (exact) mass is 394 g/mol. The van der Waals surface area contributed by atoms with Crippen molar-refractivity contribution in [3.63, 3.8) is 0 Å². The van der Waals surface area contributed by atoms with E-state index < -0.39 is 15.7 Å². The molecule has 0 radical (unpaired) electrons. The van der Waals surface area contributed by atoms with Crippen molar-refractivity contribution in [2.75, 3.05) is 24.8 Å². The van der Waals surface area contributed by atoms with Crippen LogP contribution in [0.25, 0.3) is 10.9 Å². The third-order valence-corrected chi connectivity index (χ3v) is 4.38. The summed E-state index contributed by atoms with van der Waals surface area (Å²) in [6.45, 7) is 6.21. The number of rotatable bonds is 8. The van der Waals surface area contributed by atoms with Crippen molar-refractivity contribution in [2.24, 2.45) is 5.14 Å². The first-order valence-corrected chi connectivity index (χ1v) is 10.8. The molecule has 148 valence electrons. The number of nitrogens with two attached hydrogens (primary N) is 1. The zero-order valence-corrected chi connectivity index (χ0v) is 16.8. The fraction of sp³-hybridized carbons (Fsp3) is 0.444. The van der Waals surface area contributed by atoms with Crippen LogP contribution in [0.3, 0.4) is 0 Å². The number of ether oxygens (including phenoxy) is 2. The average Bonchev–Trinajstić information content (AvgIpc) is 2.57. The third kappa shape index (κ3) is 6.07. The maximum absolute atomic E-state index is 12.4. The van der Waals surface area contributed by atoms with E-state index in [1.165, 1.54) is 18.0 Å². The summed E-state index contributed by atoms with van der Waals surface area (Å²) in [6, 6.07) is 3.52. The molecule has 1 unspecified atom stereocenters. The molecule has 0 saturated heterocycles. The molecule has 2 aromatic rings. The van der Waals surface area contributed by atoms with E-state index in [4.69, 9.17) is 14.6 Å². The Balaban J connectivity index is 2.43. The summed E-state index contributed by atoms with van der Waals surface area (Å²) < 4.78 is 22.4. The van der Waals surface area contributed by atoms with Crippen LogP contribution in [0.15, 0.2) is 18.5 Å². The Labute approximate surface area is 159 Å². The first kappa shape index (κ1) is 20.9. The Morgan fingerprint density at radius 1 is 1.37 bits per heavy atom. The van der Waals surface area contributed by atoms with Gasteiger partial charge in [0.1, 0.15) is 23.5 Å². The molecule has 1 aromatic heterocycles. The van der Waals surface area contributed by atoms with Crippen molar-refractivity contribution < 1.29 is 18.5 Å². The second kappa shape index (κ2) is 9.01. The van der Waals surface area contributed by atoms with Gasteiger partial charge in [-0.05, 0) is 32.2 Å². The van der Waals surface area contributed by atoms with Crippen molar-refractivity contribution in [3.05, 3.63) is 24.0 Å². The van der Waals surface area contributed by atoms with Gasteiger partial charge in [0.05, 0.1) is 18.7 Å². The summed E-state index contributed by atoms with van der Waals surface area (Å²) in [4.78, 5) is 20.9. The molecule has 1 heterocycles. The van der Waals surface area contributed by atoms with Gasteiger partial charge in [-0.15, -0.1) is 0 Å². The molecule has 0 fully saturated rings. The van der Waals surface area contributed by atoms with Crippen LogP contribution >= 0.6 is 0 Å². The minimum Gasteiger partial charge on any atom is -0.492 e. The Kier molecular flexibility index (Phi) is 6.98. The molecule has 0 bridgehead atoms. The van der Waals surface area contributed by atoms with Crippen LogP contribution in [0.4, 0.5) is 5.82 Å². The molecule has 0 aliphatic rings. The number of carbonyl (C=O) groups excluding carboxylic acids is 1. The number of esters is 1. The minimum absolute atomic E-state index is 0.167. The van der Waals surface area contributed by atoms with Crippen LogP contribution in [0, 0.1) is 0 Å². The second-order valence-electron chi connectivity index (χ2n) is 6.38. The highest BCUT2D eigenvalue weighted by atomic mass is 32.2. The molecule has 0 saturated carbocycles. The maximum atomic E-state index is 12.4. The molecule has 27 heavy (non-hydrogen) atoms. The van der Waals surface area contributed by atoms with Gasteiger partial charge in [0.25, 0.3) is 0 Å². The van der Waals surface area contributed by atoms with Crippen LogP contribution in [0.5, 0.6) is 5.75 Å². The zero-order valence-electron chi connectivity index (χ0n) is 16.0. The van der Waals surface area contributed by atoms with Crippen LogP contribution < -0.4 is 15.2 Å². The van der Waals surface area contributed by atoms with E-state index in [0.717, 1.165) is 0 Å². The van der Waals surface area contributed by atoms with Crippen LogP contribution in [-0.4, -0.2) is 51.0 Å². The molecule has 2 rings (SSSR count). The fourth-order valence-electron chi connectivity index (χ4n) is 2.41. The van der Waals surface area contributed by atoms with Crippen molar-refractivity contribution in [2.45, 2.75) is 33.2 Å². The standard InChI is InChI=1S/C18H26N4O4S/c1-5-25-18(23)14-9-13-15(20-11-21-17(13)22-12(2)3)10-16(14)26-7-6-8-27(4,19)24/h8-12H,5-7H2,1-4H3,(H2,19,24)(H,20,21,22). The molecular weight excluding hydrogens is 368 g/mol. The molecule has 1 atom stereocenters. The Hall–Kier alpha value is -2.39. The summed E-state index contributed by atoms with van der Waals surface area (Å²) in [6.07, 6.45) is 3.29. The number of benzene rings is 1. The summed E-state index contributed by atoms with van der Waals surface area (Å²) in [5.41, 5.74) is 0.925. The Morgan fingerprint density at radius 3 is 2.74 bits per heavy atom. The molecular formula is C18H26N4O4S. The summed E-state index contributed by atoms with van der Waals surface area (Å²) >= 11 is 0. The highest BCUT2D eigenvalue weighted by Crippen LogP contribution is 2.29. The number of anilines is 1. The first-order chi connectivity index (χ1) is 12.7. The number of carbonyl (C=O) groups is 1. The topological polar surface area (TPSA) is 116 Å². The van der Waals surface area contributed by atoms with Crippen LogP contribution in [0.2, 0.25) is 0 Å². The third-order valence-electron chi connectivity index (χ3n) is 3.48. The van der Waals surface area contributed by atoms with Gasteiger partial charge < -0.3 is 14.8 Å². The minimum atomic E-state index is -2.44. The van der Waals surface area contributed by atoms with Crippen molar-refractivity contribution >= 4 is 37.8 Å². The molecule has 9 heteroatoms. The quantitative estimate of drug-likeness (QED) is 0.399. The molecule has 3 N–H and O–H groups in total. The van der Waals surface area contributed by atoms with E-state index in [0.29, 0.717) is 28.9 Å². The van der Waals surface area contributed by atoms with Gasteiger partial charge in [-0.25, -0.2) is 14.8 Å². The van der Waals surface area contributed by atoms with Crippen LogP contribution in [0.1, 0.15) is 37.6 Å². The lowest BCUT2D eigenvalue weighted by Crippen LogP contribution is -2.15. The summed E-state index contributed by atoms with van der Waals surface area (Å²) in [5, 5.41) is 10.9. The summed E-state index contributed by atoms with van der Waals surface area (Å²) in [5.74, 6) is 0.494. The zero-order chi connectivity index (χ0) is 20.0. The highest BCUT2D eigenvalue weighted by Gasteiger charge is 2.18. The smallest absolute Gasteiger partial charge is 0.341 e. The van der Waals surface area contributed by atoms with Crippen LogP contribution in [-0.2, 0) is 14.4 Å². The first-order valence-electron chi connectivity index (χ1n) is 8.66. The van der Waals surface area contributed by atoms with Gasteiger partial charge in [0, 0.05) is 39.9 Å². The normalized spacial score (nSPS) is 13.3. The molecule has 0 amide bonds. The predicted octanol–water partition coefficient (Wildman–Crippen LogP) is 1.99. The lowest BCUT2D eigenvalue weighted by atomic mass is 10.1. The van der Waals surface area contributed by atoms with E-state index in [9.17, 15) is 9.00 Å². The number of aromatic nitrogens is 2. The molecule has 0 aliphatic heterocycles. The van der Waals surface area contributed by atoms with Crippen molar-refractivity contribution in [1.82, 2.24) is 9.97 Å². The van der Waals surface area contributed by atoms with Crippen molar-refractivity contribution in [3.8, 4) is 5.75 Å². The van der Waals surface area contributed by atoms with E-state index in [2.05, 4.69) is 15.3 Å². The van der Waals surface area contributed by atoms with E-state index in [-0.39, 0.29) is 24.8 Å². The fourth-order valence-corrected chi connectivity index (χ4v) is 2.98.